The van der Waals surface area contributed by atoms with Crippen LogP contribution in [0.4, 0.5) is 13.2 Å². The number of halogens is 3. The van der Waals surface area contributed by atoms with E-state index in [1.54, 1.807) is 24.1 Å². The molecular weight excluding hydrogens is 311 g/mol. The molecule has 1 aromatic heterocycles. The van der Waals surface area contributed by atoms with Gasteiger partial charge in [-0.2, -0.15) is 18.2 Å². The van der Waals surface area contributed by atoms with Gasteiger partial charge < -0.3 is 9.42 Å². The van der Waals surface area contributed by atoms with E-state index >= 15 is 0 Å². The molecule has 0 spiro atoms. The molecule has 2 aromatic rings. The lowest BCUT2D eigenvalue weighted by Crippen LogP contribution is -2.41. The lowest BCUT2D eigenvalue weighted by molar-refractivity contribution is -0.159. The van der Waals surface area contributed by atoms with Crippen LogP contribution in [0, 0.1) is 0 Å². The fourth-order valence-electron chi connectivity index (χ4n) is 2.36. The third kappa shape index (κ3) is 3.06. The molecule has 8 heteroatoms. The Balaban J connectivity index is 1.76. The van der Waals surface area contributed by atoms with Gasteiger partial charge in [0.15, 0.2) is 0 Å². The Bertz CT molecular complexity index is 706. The lowest BCUT2D eigenvalue weighted by atomic mass is 9.91. The summed E-state index contributed by atoms with van der Waals surface area (Å²) in [4.78, 5) is 17.3. The number of carbonyl (C=O) groups excluding carboxylic acids is 1. The van der Waals surface area contributed by atoms with E-state index in [9.17, 15) is 18.0 Å². The molecule has 1 amide bonds. The standard InChI is InChI=1S/C15H14F3N3O2/c1-21(11-3-2-4-11)13(22)10-7-5-9(6-8-10)12-19-14(23-20-12)15(16,17)18/h5-8,11H,2-4H2,1H3. The zero-order valence-corrected chi connectivity index (χ0v) is 12.3. The summed E-state index contributed by atoms with van der Waals surface area (Å²) in [6.45, 7) is 0. The molecular formula is C15H14F3N3O2. The van der Waals surface area contributed by atoms with Gasteiger partial charge in [0.1, 0.15) is 0 Å². The molecule has 0 unspecified atom stereocenters. The van der Waals surface area contributed by atoms with Crippen LogP contribution in [0.3, 0.4) is 0 Å². The SMILES string of the molecule is CN(C(=O)c1ccc(-c2noc(C(F)(F)F)n2)cc1)C1CCC1. The molecule has 0 N–H and O–H groups in total. The molecule has 0 saturated heterocycles. The number of hydrogen-bond acceptors (Lipinski definition) is 4. The third-order valence-electron chi connectivity index (χ3n) is 4.00. The average molecular weight is 325 g/mol. The van der Waals surface area contributed by atoms with Gasteiger partial charge in [0.05, 0.1) is 0 Å². The highest BCUT2D eigenvalue weighted by molar-refractivity contribution is 5.94. The molecule has 0 radical (unpaired) electrons. The highest BCUT2D eigenvalue weighted by Crippen LogP contribution is 2.29. The highest BCUT2D eigenvalue weighted by atomic mass is 19.4. The Kier molecular flexibility index (Phi) is 3.83. The van der Waals surface area contributed by atoms with E-state index in [1.165, 1.54) is 12.1 Å². The van der Waals surface area contributed by atoms with Gasteiger partial charge in [-0.1, -0.05) is 17.3 Å². The summed E-state index contributed by atoms with van der Waals surface area (Å²) in [5.74, 6) is -1.66. The molecule has 0 aliphatic heterocycles. The van der Waals surface area contributed by atoms with E-state index in [1.807, 2.05) is 0 Å². The Morgan fingerprint density at radius 3 is 2.39 bits per heavy atom. The zero-order valence-electron chi connectivity index (χ0n) is 12.3. The minimum absolute atomic E-state index is 0.106. The van der Waals surface area contributed by atoms with Crippen LogP contribution in [0.5, 0.6) is 0 Å². The summed E-state index contributed by atoms with van der Waals surface area (Å²) in [5.41, 5.74) is 0.829. The predicted molar refractivity (Wildman–Crippen MR) is 74.5 cm³/mol. The molecule has 1 aliphatic carbocycles. The predicted octanol–water partition coefficient (Wildman–Crippen LogP) is 3.38. The lowest BCUT2D eigenvalue weighted by Gasteiger charge is -2.34. The number of alkyl halides is 3. The minimum atomic E-state index is -4.67. The number of hydrogen-bond donors (Lipinski definition) is 0. The fraction of sp³-hybridized carbons (Fsp3) is 0.400. The molecule has 23 heavy (non-hydrogen) atoms. The fourth-order valence-corrected chi connectivity index (χ4v) is 2.36. The van der Waals surface area contributed by atoms with Crippen LogP contribution < -0.4 is 0 Å². The second-order valence-corrected chi connectivity index (χ2v) is 5.50. The van der Waals surface area contributed by atoms with E-state index in [2.05, 4.69) is 14.7 Å². The van der Waals surface area contributed by atoms with Gasteiger partial charge in [-0.25, -0.2) is 0 Å². The molecule has 5 nitrogen and oxygen atoms in total. The number of amides is 1. The quantitative estimate of drug-likeness (QED) is 0.868. The van der Waals surface area contributed by atoms with E-state index < -0.39 is 12.1 Å². The van der Waals surface area contributed by atoms with Crippen molar-refractivity contribution in [2.45, 2.75) is 31.5 Å². The molecule has 1 heterocycles. The highest BCUT2D eigenvalue weighted by Gasteiger charge is 2.38. The van der Waals surface area contributed by atoms with Crippen molar-refractivity contribution in [1.29, 1.82) is 0 Å². The van der Waals surface area contributed by atoms with Crippen molar-refractivity contribution in [2.24, 2.45) is 0 Å². The third-order valence-corrected chi connectivity index (χ3v) is 4.00. The number of nitrogens with zero attached hydrogens (tertiary/aromatic N) is 3. The van der Waals surface area contributed by atoms with Crippen molar-refractivity contribution in [3.05, 3.63) is 35.7 Å². The van der Waals surface area contributed by atoms with Gasteiger partial charge in [0.2, 0.25) is 5.82 Å². The number of carbonyl (C=O) groups is 1. The molecule has 0 bridgehead atoms. The number of benzene rings is 1. The molecule has 122 valence electrons. The van der Waals surface area contributed by atoms with E-state index in [0.717, 1.165) is 19.3 Å². The van der Waals surface area contributed by atoms with Crippen molar-refractivity contribution in [3.8, 4) is 11.4 Å². The van der Waals surface area contributed by atoms with Gasteiger partial charge in [-0.05, 0) is 31.4 Å². The van der Waals surface area contributed by atoms with Gasteiger partial charge in [0.25, 0.3) is 5.91 Å². The Morgan fingerprint density at radius 1 is 1.26 bits per heavy atom. The summed E-state index contributed by atoms with van der Waals surface area (Å²) in [7, 11) is 1.76. The van der Waals surface area contributed by atoms with Crippen LogP contribution in [0.2, 0.25) is 0 Å². The maximum absolute atomic E-state index is 12.4. The van der Waals surface area contributed by atoms with Crippen molar-refractivity contribution in [3.63, 3.8) is 0 Å². The first-order valence-electron chi connectivity index (χ1n) is 7.15. The first-order valence-corrected chi connectivity index (χ1v) is 7.15. The van der Waals surface area contributed by atoms with Crippen molar-refractivity contribution in [2.75, 3.05) is 7.05 Å². The Hall–Kier alpha value is -2.38. The zero-order chi connectivity index (χ0) is 16.6. The molecule has 1 saturated carbocycles. The second-order valence-electron chi connectivity index (χ2n) is 5.50. The Morgan fingerprint density at radius 2 is 1.91 bits per heavy atom. The summed E-state index contributed by atoms with van der Waals surface area (Å²) >= 11 is 0. The second kappa shape index (κ2) is 5.68. The summed E-state index contributed by atoms with van der Waals surface area (Å²) in [6.07, 6.45) is -1.54. The molecule has 3 rings (SSSR count). The van der Waals surface area contributed by atoms with Crippen LogP contribution in [-0.2, 0) is 6.18 Å². The summed E-state index contributed by atoms with van der Waals surface area (Å²) in [6, 6.07) is 6.39. The van der Waals surface area contributed by atoms with Crippen LogP contribution in [0.1, 0.15) is 35.5 Å². The van der Waals surface area contributed by atoms with Crippen LogP contribution in [-0.4, -0.2) is 34.0 Å². The maximum atomic E-state index is 12.4. The first-order chi connectivity index (χ1) is 10.9. The van der Waals surface area contributed by atoms with Crippen LogP contribution in [0.25, 0.3) is 11.4 Å². The average Bonchev–Trinajstić information content (AvgIpc) is 2.94. The largest absolute Gasteiger partial charge is 0.471 e. The van der Waals surface area contributed by atoms with Gasteiger partial charge in [0, 0.05) is 24.2 Å². The molecule has 1 fully saturated rings. The van der Waals surface area contributed by atoms with Crippen molar-refractivity contribution < 1.29 is 22.5 Å². The van der Waals surface area contributed by atoms with E-state index in [0.29, 0.717) is 11.1 Å². The molecule has 0 atom stereocenters. The monoisotopic (exact) mass is 325 g/mol. The smallest absolute Gasteiger partial charge is 0.339 e. The summed E-state index contributed by atoms with van der Waals surface area (Å²) in [5, 5.41) is 3.31. The molecule has 1 aromatic carbocycles. The summed E-state index contributed by atoms with van der Waals surface area (Å²) < 4.78 is 41.5. The topological polar surface area (TPSA) is 59.2 Å². The van der Waals surface area contributed by atoms with Gasteiger partial charge in [-0.3, -0.25) is 4.79 Å². The number of aromatic nitrogens is 2. The van der Waals surface area contributed by atoms with E-state index in [4.69, 9.17) is 0 Å². The van der Waals surface area contributed by atoms with Gasteiger partial charge >= 0.3 is 12.1 Å². The number of rotatable bonds is 3. The normalized spacial score (nSPS) is 15.3. The maximum Gasteiger partial charge on any atom is 0.471 e. The van der Waals surface area contributed by atoms with Crippen LogP contribution >= 0.6 is 0 Å². The van der Waals surface area contributed by atoms with Crippen molar-refractivity contribution >= 4 is 5.91 Å². The molecule has 1 aliphatic rings. The van der Waals surface area contributed by atoms with Crippen LogP contribution in [0.15, 0.2) is 28.8 Å². The first kappa shape index (κ1) is 15.5. The van der Waals surface area contributed by atoms with Gasteiger partial charge in [-0.15, -0.1) is 0 Å². The Labute approximate surface area is 130 Å². The minimum Gasteiger partial charge on any atom is -0.339 e. The van der Waals surface area contributed by atoms with Crippen molar-refractivity contribution in [1.82, 2.24) is 15.0 Å². The van der Waals surface area contributed by atoms with E-state index in [-0.39, 0.29) is 17.8 Å².